The molecule has 0 saturated carbocycles. The first-order chi connectivity index (χ1) is 17.1. The fraction of sp³-hybridized carbons (Fsp3) is 0.346. The topological polar surface area (TPSA) is 170 Å². The summed E-state index contributed by atoms with van der Waals surface area (Å²) in [6.45, 7) is 3.08. The molecule has 1 fully saturated rings. The molecule has 10 nitrogen and oxygen atoms in total. The van der Waals surface area contributed by atoms with Crippen LogP contribution in [0, 0.1) is 0 Å². The second kappa shape index (κ2) is 10.3. The summed E-state index contributed by atoms with van der Waals surface area (Å²) in [6.07, 6.45) is -4.38. The number of fused-ring (bicyclic) bond motifs is 1. The van der Waals surface area contributed by atoms with Crippen LogP contribution in [0.5, 0.6) is 17.2 Å². The number of aliphatic hydroxyl groups excluding tert-OH is 4. The van der Waals surface area contributed by atoms with Gasteiger partial charge in [0.2, 0.25) is 11.7 Å². The van der Waals surface area contributed by atoms with Crippen LogP contribution in [0.4, 0.5) is 0 Å². The van der Waals surface area contributed by atoms with E-state index < -0.39 is 42.7 Å². The van der Waals surface area contributed by atoms with Crippen LogP contribution in [-0.4, -0.2) is 68.0 Å². The fourth-order valence-electron chi connectivity index (χ4n) is 4.02. The molecule has 5 atom stereocenters. The summed E-state index contributed by atoms with van der Waals surface area (Å²) >= 11 is 0. The van der Waals surface area contributed by atoms with Crippen molar-refractivity contribution in [3.05, 3.63) is 64.0 Å². The first-order valence-electron chi connectivity index (χ1n) is 11.3. The maximum absolute atomic E-state index is 13.3. The molecule has 1 aliphatic rings. The van der Waals surface area contributed by atoms with Gasteiger partial charge in [0.25, 0.3) is 0 Å². The van der Waals surface area contributed by atoms with Gasteiger partial charge in [0.1, 0.15) is 58.9 Å². The standard InChI is InChI=1S/C26H28O10/c1-12(2)3-8-15-17(35-26-25(33)24(32)23(31)19(10-27)36-26)9-18-20(21(15)29)22(30)16(11-34-18)13-4-6-14(28)7-5-13/h3-7,9,11,19,23-29,31-33H,8,10H2,1-2H3/t19?,23-,24?,25?,26-/m1/s1. The molecule has 0 bridgehead atoms. The quantitative estimate of drug-likeness (QED) is 0.273. The molecule has 1 aromatic heterocycles. The Morgan fingerprint density at radius 1 is 1.06 bits per heavy atom. The van der Waals surface area contributed by atoms with E-state index in [1.54, 1.807) is 18.2 Å². The van der Waals surface area contributed by atoms with E-state index in [0.29, 0.717) is 5.56 Å². The minimum absolute atomic E-state index is 0.000527. The fourth-order valence-corrected chi connectivity index (χ4v) is 4.02. The SMILES string of the molecule is CC(C)=CCc1c(O[C@@H]2OC(CO)[C@@H](O)C(O)C2O)cc2occ(-c3ccc(O)cc3)c(=O)c2c1O. The molecular weight excluding hydrogens is 472 g/mol. The van der Waals surface area contributed by atoms with Crippen molar-refractivity contribution < 1.29 is 44.5 Å². The number of phenolic OH excluding ortho intramolecular Hbond substituents is 2. The minimum Gasteiger partial charge on any atom is -0.508 e. The Bertz CT molecular complexity index is 1320. The number of allylic oxidation sites excluding steroid dienone is 2. The number of rotatable bonds is 6. The zero-order valence-corrected chi connectivity index (χ0v) is 19.7. The third kappa shape index (κ3) is 4.81. The third-order valence-corrected chi connectivity index (χ3v) is 6.09. The molecule has 36 heavy (non-hydrogen) atoms. The molecule has 0 aliphatic carbocycles. The molecule has 0 radical (unpaired) electrons. The van der Waals surface area contributed by atoms with Crippen LogP contribution in [-0.2, 0) is 11.2 Å². The van der Waals surface area contributed by atoms with Gasteiger partial charge in [-0.3, -0.25) is 4.79 Å². The Balaban J connectivity index is 1.83. The summed E-state index contributed by atoms with van der Waals surface area (Å²) in [5.41, 5.74) is 1.29. The van der Waals surface area contributed by atoms with Gasteiger partial charge >= 0.3 is 0 Å². The van der Waals surface area contributed by atoms with Crippen LogP contribution >= 0.6 is 0 Å². The highest BCUT2D eigenvalue weighted by atomic mass is 16.7. The summed E-state index contributed by atoms with van der Waals surface area (Å²) in [5.74, 6) is -0.341. The van der Waals surface area contributed by atoms with E-state index in [1.165, 1.54) is 24.5 Å². The van der Waals surface area contributed by atoms with Crippen molar-refractivity contribution >= 4 is 11.0 Å². The third-order valence-electron chi connectivity index (χ3n) is 6.09. The van der Waals surface area contributed by atoms with E-state index in [0.717, 1.165) is 5.57 Å². The summed E-state index contributed by atoms with van der Waals surface area (Å²) in [6, 6.07) is 7.32. The van der Waals surface area contributed by atoms with E-state index in [4.69, 9.17) is 13.9 Å². The predicted octanol–water partition coefficient (Wildman–Crippen LogP) is 1.56. The Labute approximate surface area is 205 Å². The molecule has 2 heterocycles. The van der Waals surface area contributed by atoms with Gasteiger partial charge in [-0.15, -0.1) is 0 Å². The van der Waals surface area contributed by atoms with Gasteiger partial charge in [0.15, 0.2) is 0 Å². The van der Waals surface area contributed by atoms with E-state index in [2.05, 4.69) is 0 Å². The number of phenols is 2. The van der Waals surface area contributed by atoms with Crippen molar-refractivity contribution in [2.45, 2.75) is 51.0 Å². The first kappa shape index (κ1) is 25.7. The molecule has 10 heteroatoms. The number of benzene rings is 2. The van der Waals surface area contributed by atoms with Gasteiger partial charge in [-0.1, -0.05) is 23.8 Å². The molecule has 6 N–H and O–H groups in total. The van der Waals surface area contributed by atoms with Gasteiger partial charge in [-0.05, 0) is 38.0 Å². The van der Waals surface area contributed by atoms with Gasteiger partial charge in [-0.2, -0.15) is 0 Å². The smallest absolute Gasteiger partial charge is 0.229 e. The Morgan fingerprint density at radius 2 is 1.75 bits per heavy atom. The van der Waals surface area contributed by atoms with Gasteiger partial charge in [0.05, 0.1) is 12.2 Å². The van der Waals surface area contributed by atoms with E-state index in [9.17, 15) is 35.4 Å². The second-order valence-electron chi connectivity index (χ2n) is 8.90. The molecule has 0 amide bonds. The Morgan fingerprint density at radius 3 is 2.39 bits per heavy atom. The van der Waals surface area contributed by atoms with Crippen molar-refractivity contribution in [1.82, 2.24) is 0 Å². The van der Waals surface area contributed by atoms with Crippen molar-refractivity contribution in [1.29, 1.82) is 0 Å². The van der Waals surface area contributed by atoms with E-state index in [1.807, 2.05) is 13.8 Å². The lowest BCUT2D eigenvalue weighted by Gasteiger charge is -2.39. The molecular formula is C26H28O10. The Kier molecular flexibility index (Phi) is 7.34. The molecule has 0 spiro atoms. The first-order valence-corrected chi connectivity index (χ1v) is 11.3. The summed E-state index contributed by atoms with van der Waals surface area (Å²) in [5, 5.41) is 60.6. The lowest BCUT2D eigenvalue weighted by Crippen LogP contribution is -2.60. The van der Waals surface area contributed by atoms with Crippen molar-refractivity contribution in [3.8, 4) is 28.4 Å². The minimum atomic E-state index is -1.67. The maximum Gasteiger partial charge on any atom is 0.229 e. The second-order valence-corrected chi connectivity index (χ2v) is 8.90. The number of hydrogen-bond donors (Lipinski definition) is 6. The number of ether oxygens (including phenoxy) is 2. The molecule has 3 aromatic rings. The monoisotopic (exact) mass is 500 g/mol. The Hall–Kier alpha value is -3.41. The largest absolute Gasteiger partial charge is 0.508 e. The highest BCUT2D eigenvalue weighted by Gasteiger charge is 2.45. The van der Waals surface area contributed by atoms with Crippen molar-refractivity contribution in [2.24, 2.45) is 0 Å². The van der Waals surface area contributed by atoms with Crippen LogP contribution in [0.25, 0.3) is 22.1 Å². The van der Waals surface area contributed by atoms with E-state index >= 15 is 0 Å². The summed E-state index contributed by atoms with van der Waals surface area (Å²) in [4.78, 5) is 13.3. The molecule has 192 valence electrons. The molecule has 4 rings (SSSR count). The van der Waals surface area contributed by atoms with Gasteiger partial charge in [-0.25, -0.2) is 0 Å². The van der Waals surface area contributed by atoms with Crippen LogP contribution in [0.3, 0.4) is 0 Å². The van der Waals surface area contributed by atoms with Crippen LogP contribution < -0.4 is 10.2 Å². The molecule has 1 saturated heterocycles. The lowest BCUT2D eigenvalue weighted by molar-refractivity contribution is -0.277. The highest BCUT2D eigenvalue weighted by molar-refractivity contribution is 5.90. The highest BCUT2D eigenvalue weighted by Crippen LogP contribution is 2.38. The van der Waals surface area contributed by atoms with Crippen molar-refractivity contribution in [3.63, 3.8) is 0 Å². The maximum atomic E-state index is 13.3. The molecule has 1 aliphatic heterocycles. The van der Waals surface area contributed by atoms with Crippen LogP contribution in [0.2, 0.25) is 0 Å². The molecule has 3 unspecified atom stereocenters. The molecule has 2 aromatic carbocycles. The number of aliphatic hydroxyl groups is 4. The lowest BCUT2D eigenvalue weighted by atomic mass is 9.99. The number of aromatic hydroxyl groups is 2. The summed E-state index contributed by atoms with van der Waals surface area (Å²) < 4.78 is 16.9. The zero-order chi connectivity index (χ0) is 26.1. The van der Waals surface area contributed by atoms with Crippen LogP contribution in [0.1, 0.15) is 19.4 Å². The van der Waals surface area contributed by atoms with E-state index in [-0.39, 0.29) is 45.8 Å². The van der Waals surface area contributed by atoms with Crippen LogP contribution in [0.15, 0.2) is 57.5 Å². The van der Waals surface area contributed by atoms with Gasteiger partial charge in [0, 0.05) is 11.6 Å². The van der Waals surface area contributed by atoms with Crippen molar-refractivity contribution in [2.75, 3.05) is 6.61 Å². The zero-order valence-electron chi connectivity index (χ0n) is 19.7. The average molecular weight is 501 g/mol. The number of hydrogen-bond acceptors (Lipinski definition) is 10. The van der Waals surface area contributed by atoms with Gasteiger partial charge < -0.3 is 44.5 Å². The average Bonchev–Trinajstić information content (AvgIpc) is 2.84. The predicted molar refractivity (Wildman–Crippen MR) is 129 cm³/mol. The summed E-state index contributed by atoms with van der Waals surface area (Å²) in [7, 11) is 0. The normalized spacial score (nSPS) is 24.0.